The predicted octanol–water partition coefficient (Wildman–Crippen LogP) is 3.88. The van der Waals surface area contributed by atoms with Crippen molar-refractivity contribution in [3.05, 3.63) is 0 Å². The fourth-order valence-electron chi connectivity index (χ4n) is 5.56. The van der Waals surface area contributed by atoms with E-state index in [2.05, 4.69) is 0 Å². The third-order valence-electron chi connectivity index (χ3n) is 5.57. The number of hydrogen-bond acceptors (Lipinski definition) is 2. The molecule has 4 saturated carbocycles. The molecule has 4 rings (SSSR count). The van der Waals surface area contributed by atoms with Crippen LogP contribution < -0.4 is 0 Å². The van der Waals surface area contributed by atoms with Crippen LogP contribution in [0.2, 0.25) is 0 Å². The highest BCUT2D eigenvalue weighted by molar-refractivity contribution is 5.79. The Morgan fingerprint density at radius 2 is 1.68 bits per heavy atom. The lowest BCUT2D eigenvalue weighted by molar-refractivity contribution is -0.162. The Morgan fingerprint density at radius 3 is 2.11 bits per heavy atom. The topological polar surface area (TPSA) is 26.3 Å². The molecule has 0 saturated heterocycles. The maximum Gasteiger partial charge on any atom is 0.343 e. The highest BCUT2D eigenvalue weighted by atomic mass is 19.1. The van der Waals surface area contributed by atoms with Crippen LogP contribution in [-0.4, -0.2) is 18.2 Å². The zero-order valence-electron chi connectivity index (χ0n) is 12.1. The van der Waals surface area contributed by atoms with Crippen molar-refractivity contribution in [2.24, 2.45) is 23.2 Å². The lowest BCUT2D eigenvalue weighted by atomic mass is 9.48. The molecule has 0 aromatic heterocycles. The first-order valence-electron chi connectivity index (χ1n) is 7.79. The van der Waals surface area contributed by atoms with Crippen LogP contribution in [0.5, 0.6) is 0 Å². The molecule has 0 radical (unpaired) electrons. The van der Waals surface area contributed by atoms with Gasteiger partial charge in [0.15, 0.2) is 0 Å². The van der Waals surface area contributed by atoms with Crippen molar-refractivity contribution in [2.75, 3.05) is 6.61 Å². The predicted molar refractivity (Wildman–Crippen MR) is 71.4 cm³/mol. The Labute approximate surface area is 115 Å². The van der Waals surface area contributed by atoms with E-state index in [1.54, 1.807) is 6.92 Å². The van der Waals surface area contributed by atoms with Crippen LogP contribution in [0.4, 0.5) is 4.39 Å². The SMILES string of the molecule is CCOC(=O)C(C)(F)CC12CC3CC(CC(C3)C1)C2. The fourth-order valence-corrected chi connectivity index (χ4v) is 5.56. The molecule has 0 aliphatic heterocycles. The molecule has 0 aromatic rings. The van der Waals surface area contributed by atoms with E-state index in [4.69, 9.17) is 4.74 Å². The molecule has 1 atom stereocenters. The van der Waals surface area contributed by atoms with Gasteiger partial charge in [-0.2, -0.15) is 0 Å². The Hall–Kier alpha value is -0.600. The summed E-state index contributed by atoms with van der Waals surface area (Å²) in [4.78, 5) is 11.8. The molecule has 3 heteroatoms. The summed E-state index contributed by atoms with van der Waals surface area (Å²) in [7, 11) is 0. The highest BCUT2D eigenvalue weighted by Gasteiger charge is 2.54. The molecule has 108 valence electrons. The minimum Gasteiger partial charge on any atom is -0.464 e. The molecule has 0 N–H and O–H groups in total. The number of rotatable bonds is 4. The van der Waals surface area contributed by atoms with E-state index in [9.17, 15) is 9.18 Å². The smallest absolute Gasteiger partial charge is 0.343 e. The van der Waals surface area contributed by atoms with Gasteiger partial charge in [-0.3, -0.25) is 0 Å². The maximum atomic E-state index is 14.7. The van der Waals surface area contributed by atoms with E-state index in [1.807, 2.05) is 0 Å². The maximum absolute atomic E-state index is 14.7. The Balaban J connectivity index is 1.73. The molecule has 0 heterocycles. The second kappa shape index (κ2) is 4.46. The van der Waals surface area contributed by atoms with Crippen LogP contribution in [0.25, 0.3) is 0 Å². The molecule has 19 heavy (non-hydrogen) atoms. The van der Waals surface area contributed by atoms with Crippen molar-refractivity contribution in [1.82, 2.24) is 0 Å². The van der Waals surface area contributed by atoms with Gasteiger partial charge in [-0.05, 0) is 82.0 Å². The molecule has 4 aliphatic carbocycles. The van der Waals surface area contributed by atoms with Crippen LogP contribution in [0, 0.1) is 23.2 Å². The number of hydrogen-bond donors (Lipinski definition) is 0. The summed E-state index contributed by atoms with van der Waals surface area (Å²) in [6.07, 6.45) is 7.83. The zero-order valence-corrected chi connectivity index (χ0v) is 12.1. The monoisotopic (exact) mass is 268 g/mol. The van der Waals surface area contributed by atoms with Crippen LogP contribution in [0.3, 0.4) is 0 Å². The molecule has 0 aromatic carbocycles. The summed E-state index contributed by atoms with van der Waals surface area (Å²) in [5.74, 6) is 1.73. The summed E-state index contributed by atoms with van der Waals surface area (Å²) in [6.45, 7) is 3.42. The van der Waals surface area contributed by atoms with Crippen molar-refractivity contribution in [3.63, 3.8) is 0 Å². The van der Waals surface area contributed by atoms with E-state index in [-0.39, 0.29) is 12.0 Å². The van der Waals surface area contributed by atoms with E-state index in [0.717, 1.165) is 37.0 Å². The molecule has 2 nitrogen and oxygen atoms in total. The average molecular weight is 268 g/mol. The summed E-state index contributed by atoms with van der Waals surface area (Å²) in [5, 5.41) is 0. The van der Waals surface area contributed by atoms with Crippen LogP contribution in [-0.2, 0) is 9.53 Å². The Bertz CT molecular complexity index is 340. The van der Waals surface area contributed by atoms with Crippen molar-refractivity contribution >= 4 is 5.97 Å². The van der Waals surface area contributed by atoms with Gasteiger partial charge >= 0.3 is 5.97 Å². The quantitative estimate of drug-likeness (QED) is 0.723. The molecular formula is C16H25FO2. The number of carbonyl (C=O) groups is 1. The summed E-state index contributed by atoms with van der Waals surface area (Å²) in [6, 6.07) is 0. The van der Waals surface area contributed by atoms with Gasteiger partial charge in [-0.1, -0.05) is 0 Å². The first-order valence-corrected chi connectivity index (χ1v) is 7.79. The highest BCUT2D eigenvalue weighted by Crippen LogP contribution is 2.62. The largest absolute Gasteiger partial charge is 0.464 e. The third-order valence-corrected chi connectivity index (χ3v) is 5.57. The van der Waals surface area contributed by atoms with Crippen molar-refractivity contribution in [2.45, 2.75) is 64.5 Å². The third kappa shape index (κ3) is 2.41. The molecule has 4 aliphatic rings. The Morgan fingerprint density at radius 1 is 1.21 bits per heavy atom. The summed E-state index contributed by atoms with van der Waals surface area (Å²) in [5.41, 5.74) is -1.72. The van der Waals surface area contributed by atoms with E-state index < -0.39 is 11.6 Å². The minimum absolute atomic E-state index is 0.0883. The number of alkyl halides is 1. The van der Waals surface area contributed by atoms with Crippen LogP contribution >= 0.6 is 0 Å². The van der Waals surface area contributed by atoms with Gasteiger partial charge < -0.3 is 4.74 Å². The van der Waals surface area contributed by atoms with Gasteiger partial charge in [0.1, 0.15) is 0 Å². The van der Waals surface area contributed by atoms with Gasteiger partial charge in [0.2, 0.25) is 5.67 Å². The number of carbonyl (C=O) groups excluding carboxylic acids is 1. The summed E-state index contributed by atoms with van der Waals surface area (Å²) >= 11 is 0. The molecule has 0 amide bonds. The zero-order chi connectivity index (χ0) is 13.7. The Kier molecular flexibility index (Phi) is 3.14. The van der Waals surface area contributed by atoms with Crippen molar-refractivity contribution in [1.29, 1.82) is 0 Å². The molecule has 4 fully saturated rings. The van der Waals surface area contributed by atoms with Gasteiger partial charge in [0, 0.05) is 0 Å². The summed E-state index contributed by atoms with van der Waals surface area (Å²) < 4.78 is 19.6. The van der Waals surface area contributed by atoms with Crippen LogP contribution in [0.1, 0.15) is 58.8 Å². The van der Waals surface area contributed by atoms with Crippen molar-refractivity contribution < 1.29 is 13.9 Å². The van der Waals surface area contributed by atoms with Crippen molar-refractivity contribution in [3.8, 4) is 0 Å². The minimum atomic E-state index is -1.80. The normalized spacial score (nSPS) is 43.0. The standard InChI is InChI=1S/C16H25FO2/c1-3-19-14(18)15(2,17)10-16-7-11-4-12(8-16)6-13(5-11)9-16/h11-13H,3-10H2,1-2H3. The van der Waals surface area contributed by atoms with E-state index in [0.29, 0.717) is 6.42 Å². The molecular weight excluding hydrogens is 243 g/mol. The second-order valence-corrected chi connectivity index (χ2v) is 7.51. The number of halogens is 1. The van der Waals surface area contributed by atoms with Gasteiger partial charge in [-0.25, -0.2) is 9.18 Å². The first-order chi connectivity index (χ1) is 8.92. The van der Waals surface area contributed by atoms with Gasteiger partial charge in [0.05, 0.1) is 6.61 Å². The van der Waals surface area contributed by atoms with Gasteiger partial charge in [0.25, 0.3) is 0 Å². The van der Waals surface area contributed by atoms with Crippen LogP contribution in [0.15, 0.2) is 0 Å². The lowest BCUT2D eigenvalue weighted by Crippen LogP contribution is -2.50. The lowest BCUT2D eigenvalue weighted by Gasteiger charge is -2.57. The average Bonchev–Trinajstić information content (AvgIpc) is 2.25. The second-order valence-electron chi connectivity index (χ2n) is 7.51. The molecule has 1 unspecified atom stereocenters. The van der Waals surface area contributed by atoms with E-state index in [1.165, 1.54) is 26.2 Å². The first kappa shape index (κ1) is 13.4. The fraction of sp³-hybridized carbons (Fsp3) is 0.938. The number of ether oxygens (including phenoxy) is 1. The molecule has 4 bridgehead atoms. The van der Waals surface area contributed by atoms with E-state index >= 15 is 0 Å². The number of esters is 1. The molecule has 0 spiro atoms. The van der Waals surface area contributed by atoms with Gasteiger partial charge in [-0.15, -0.1) is 0 Å².